The van der Waals surface area contributed by atoms with E-state index < -0.39 is 6.09 Å². The Labute approximate surface area is 170 Å². The highest BCUT2D eigenvalue weighted by Crippen LogP contribution is 2.44. The quantitative estimate of drug-likeness (QED) is 0.676. The van der Waals surface area contributed by atoms with Crippen LogP contribution in [0.2, 0.25) is 0 Å². The minimum absolute atomic E-state index is 0.0725. The molecule has 2 unspecified atom stereocenters. The van der Waals surface area contributed by atoms with Gasteiger partial charge in [-0.2, -0.15) is 0 Å². The number of carbonyl (C=O) groups excluding carboxylic acids is 1. The van der Waals surface area contributed by atoms with Gasteiger partial charge in [-0.1, -0.05) is 54.6 Å². The van der Waals surface area contributed by atoms with E-state index in [1.807, 2.05) is 18.2 Å². The molecule has 0 bridgehead atoms. The molecule has 1 amide bonds. The van der Waals surface area contributed by atoms with Gasteiger partial charge in [-0.25, -0.2) is 4.79 Å². The van der Waals surface area contributed by atoms with Crippen molar-refractivity contribution < 1.29 is 9.53 Å². The topological polar surface area (TPSA) is 38.3 Å². The minimum Gasteiger partial charge on any atom is -0.448 e. The fourth-order valence-corrected chi connectivity index (χ4v) is 5.11. The van der Waals surface area contributed by atoms with Gasteiger partial charge in [-0.3, -0.25) is 5.32 Å². The first-order valence-corrected chi connectivity index (χ1v) is 10.3. The van der Waals surface area contributed by atoms with Crippen LogP contribution in [0.25, 0.3) is 11.1 Å². The first-order valence-electron chi connectivity index (χ1n) is 9.88. The number of allylic oxidation sites excluding steroid dienone is 3. The van der Waals surface area contributed by atoms with Gasteiger partial charge < -0.3 is 4.74 Å². The molecule has 1 fully saturated rings. The number of hydrogen-bond donors (Lipinski definition) is 1. The Balaban J connectivity index is 1.28. The van der Waals surface area contributed by atoms with Gasteiger partial charge >= 0.3 is 6.09 Å². The van der Waals surface area contributed by atoms with E-state index in [2.05, 4.69) is 47.8 Å². The maximum atomic E-state index is 12.4. The molecule has 2 aromatic carbocycles. The first kappa shape index (κ1) is 17.6. The molecule has 0 heterocycles. The van der Waals surface area contributed by atoms with Crippen LogP contribution in [0.4, 0.5) is 4.79 Å². The third kappa shape index (κ3) is 3.04. The molecule has 1 saturated carbocycles. The molecule has 0 aromatic heterocycles. The van der Waals surface area contributed by atoms with Crippen molar-refractivity contribution in [2.24, 2.45) is 5.92 Å². The Morgan fingerprint density at radius 1 is 1.04 bits per heavy atom. The third-order valence-corrected chi connectivity index (χ3v) is 6.61. The molecule has 4 heteroatoms. The van der Waals surface area contributed by atoms with E-state index in [9.17, 15) is 4.79 Å². The van der Waals surface area contributed by atoms with Gasteiger partial charge in [0, 0.05) is 11.6 Å². The molecule has 0 saturated heterocycles. The lowest BCUT2D eigenvalue weighted by atomic mass is 9.93. The maximum Gasteiger partial charge on any atom is 0.411 e. The van der Waals surface area contributed by atoms with E-state index in [-0.39, 0.29) is 11.3 Å². The Morgan fingerprint density at radius 3 is 2.43 bits per heavy atom. The van der Waals surface area contributed by atoms with Gasteiger partial charge in [0.2, 0.25) is 0 Å². The smallest absolute Gasteiger partial charge is 0.411 e. The number of alkyl halides is 1. The molecule has 0 spiro atoms. The lowest BCUT2D eigenvalue weighted by molar-refractivity contribution is 0.146. The van der Waals surface area contributed by atoms with E-state index in [4.69, 9.17) is 16.3 Å². The largest absolute Gasteiger partial charge is 0.448 e. The van der Waals surface area contributed by atoms with Crippen molar-refractivity contribution in [3.63, 3.8) is 0 Å². The van der Waals surface area contributed by atoms with Crippen LogP contribution in [-0.2, 0) is 4.74 Å². The van der Waals surface area contributed by atoms with E-state index in [0.29, 0.717) is 12.5 Å². The Bertz CT molecular complexity index is 948. The highest BCUT2D eigenvalue weighted by molar-refractivity contribution is 6.22. The number of ether oxygens (including phenoxy) is 1. The number of nitrogens with one attached hydrogen (secondary N) is 1. The zero-order valence-corrected chi connectivity index (χ0v) is 16.3. The number of benzene rings is 2. The van der Waals surface area contributed by atoms with Crippen molar-refractivity contribution in [1.29, 1.82) is 0 Å². The standard InChI is InChI=1S/C24H22ClNO2/c25-23-12-10-15-9-11-16(13-21(15)23)26-24(27)28-14-22-19-7-3-1-5-17(19)18-6-2-4-8-20(18)22/h1-8,11,13,15,22-23H,9-10,12,14H2,(H,26,27). The van der Waals surface area contributed by atoms with Crippen LogP contribution in [-0.4, -0.2) is 18.1 Å². The Morgan fingerprint density at radius 2 is 1.71 bits per heavy atom. The van der Waals surface area contributed by atoms with Crippen LogP contribution in [0.15, 0.2) is 72.0 Å². The summed E-state index contributed by atoms with van der Waals surface area (Å²) < 4.78 is 5.63. The molecule has 142 valence electrons. The SMILES string of the molecule is O=C(NC1=CCC2CCC(Cl)C2=C1)OCC1c2ccccc2-c2ccccc21. The summed E-state index contributed by atoms with van der Waals surface area (Å²) in [5.41, 5.74) is 6.94. The van der Waals surface area contributed by atoms with Gasteiger partial charge in [-0.05, 0) is 59.1 Å². The van der Waals surface area contributed by atoms with Gasteiger partial charge in [0.05, 0.1) is 5.38 Å². The number of carbonyl (C=O) groups is 1. The van der Waals surface area contributed by atoms with Crippen molar-refractivity contribution in [3.05, 3.63) is 83.1 Å². The molecule has 5 rings (SSSR count). The highest BCUT2D eigenvalue weighted by atomic mass is 35.5. The number of halogens is 1. The predicted octanol–water partition coefficient (Wildman–Crippen LogP) is 5.76. The van der Waals surface area contributed by atoms with Crippen molar-refractivity contribution in [1.82, 2.24) is 5.32 Å². The zero-order chi connectivity index (χ0) is 19.1. The maximum absolute atomic E-state index is 12.4. The molecule has 3 nitrogen and oxygen atoms in total. The van der Waals surface area contributed by atoms with E-state index in [1.165, 1.54) is 27.8 Å². The molecular formula is C24H22ClNO2. The second-order valence-electron chi connectivity index (χ2n) is 7.73. The molecule has 3 aliphatic rings. The summed E-state index contributed by atoms with van der Waals surface area (Å²) in [6, 6.07) is 16.7. The van der Waals surface area contributed by atoms with Gasteiger partial charge in [0.1, 0.15) is 6.61 Å². The average Bonchev–Trinajstić information content (AvgIpc) is 3.25. The molecule has 28 heavy (non-hydrogen) atoms. The lowest BCUT2D eigenvalue weighted by Crippen LogP contribution is -2.26. The number of rotatable bonds is 3. The molecule has 3 aliphatic carbocycles. The lowest BCUT2D eigenvalue weighted by Gasteiger charge is -2.19. The highest BCUT2D eigenvalue weighted by Gasteiger charge is 2.31. The van der Waals surface area contributed by atoms with Gasteiger partial charge in [-0.15, -0.1) is 11.6 Å². The Kier molecular flexibility index (Phi) is 4.48. The summed E-state index contributed by atoms with van der Waals surface area (Å²) in [7, 11) is 0. The Hall–Kier alpha value is -2.52. The van der Waals surface area contributed by atoms with Gasteiger partial charge in [0.15, 0.2) is 0 Å². The monoisotopic (exact) mass is 391 g/mol. The summed E-state index contributed by atoms with van der Waals surface area (Å²) in [5, 5.41) is 2.98. The minimum atomic E-state index is -0.410. The summed E-state index contributed by atoms with van der Waals surface area (Å²) in [4.78, 5) is 12.4. The van der Waals surface area contributed by atoms with Crippen molar-refractivity contribution in [2.75, 3.05) is 6.61 Å². The number of amides is 1. The van der Waals surface area contributed by atoms with Crippen LogP contribution < -0.4 is 5.32 Å². The van der Waals surface area contributed by atoms with Crippen molar-refractivity contribution in [3.8, 4) is 11.1 Å². The van der Waals surface area contributed by atoms with E-state index in [1.54, 1.807) is 0 Å². The van der Waals surface area contributed by atoms with Gasteiger partial charge in [0.25, 0.3) is 0 Å². The summed E-state index contributed by atoms with van der Waals surface area (Å²) in [5.74, 6) is 0.610. The third-order valence-electron chi connectivity index (χ3n) is 6.14. The molecule has 2 atom stereocenters. The molecular weight excluding hydrogens is 370 g/mol. The second-order valence-corrected chi connectivity index (χ2v) is 8.26. The summed E-state index contributed by atoms with van der Waals surface area (Å²) >= 11 is 6.39. The normalized spacial score (nSPS) is 22.6. The van der Waals surface area contributed by atoms with E-state index >= 15 is 0 Å². The second kappa shape index (κ2) is 7.14. The summed E-state index contributed by atoms with van der Waals surface area (Å²) in [6.45, 7) is 0.324. The molecule has 2 aromatic rings. The zero-order valence-electron chi connectivity index (χ0n) is 15.5. The van der Waals surface area contributed by atoms with Crippen molar-refractivity contribution in [2.45, 2.75) is 30.6 Å². The number of hydrogen-bond acceptors (Lipinski definition) is 2. The average molecular weight is 392 g/mol. The first-order chi connectivity index (χ1) is 13.7. The predicted molar refractivity (Wildman–Crippen MR) is 111 cm³/mol. The van der Waals surface area contributed by atoms with Crippen LogP contribution in [0.5, 0.6) is 0 Å². The number of fused-ring (bicyclic) bond motifs is 4. The van der Waals surface area contributed by atoms with Crippen LogP contribution in [0, 0.1) is 5.92 Å². The summed E-state index contributed by atoms with van der Waals surface area (Å²) in [6.07, 6.45) is 6.78. The van der Waals surface area contributed by atoms with Crippen LogP contribution in [0.3, 0.4) is 0 Å². The molecule has 0 aliphatic heterocycles. The van der Waals surface area contributed by atoms with Crippen molar-refractivity contribution >= 4 is 17.7 Å². The number of alkyl carbamates (subject to hydrolysis) is 1. The molecule has 1 N–H and O–H groups in total. The van der Waals surface area contributed by atoms with Crippen LogP contribution in [0.1, 0.15) is 36.3 Å². The van der Waals surface area contributed by atoms with E-state index in [0.717, 1.165) is 25.0 Å². The van der Waals surface area contributed by atoms with Crippen LogP contribution >= 0.6 is 11.6 Å². The fourth-order valence-electron chi connectivity index (χ4n) is 4.75. The molecule has 0 radical (unpaired) electrons. The fraction of sp³-hybridized carbons (Fsp3) is 0.292.